The van der Waals surface area contributed by atoms with Crippen LogP contribution >= 0.6 is 15.6 Å². The number of phosphoric ester groups is 1. The zero-order valence-corrected chi connectivity index (χ0v) is 20.3. The number of hydrogen-bond donors (Lipinski definition) is 8. The largest absolute Gasteiger partial charge is 0.486 e. The monoisotopic (exact) mass is 564 g/mol. The van der Waals surface area contributed by atoms with Crippen LogP contribution in [0.15, 0.2) is 15.8 Å². The fourth-order valence-corrected chi connectivity index (χ4v) is 5.69. The van der Waals surface area contributed by atoms with Crippen LogP contribution in [0.1, 0.15) is 18.2 Å². The van der Waals surface area contributed by atoms with Gasteiger partial charge < -0.3 is 44.8 Å². The quantitative estimate of drug-likeness (QED) is 0.135. The van der Waals surface area contributed by atoms with Crippen molar-refractivity contribution in [3.05, 3.63) is 32.6 Å². The lowest BCUT2D eigenvalue weighted by molar-refractivity contribution is -0.281. The van der Waals surface area contributed by atoms with E-state index in [9.17, 15) is 44.3 Å². The topological polar surface area (TPSA) is 277 Å². The van der Waals surface area contributed by atoms with E-state index in [4.69, 9.17) is 28.3 Å². The standard InChI is InChI=1S/C16H26N2O16P2/c1-6-3-18(16(25)17-14(6)24)10-2-7(20)9(31-10)5-30-36(29,34-35(26,27)28)33-15-13(23)12(22)11(21)8(4-19)32-15/h3,7-13,15,19-23H,2,4-5H2,1H3,(H,17,24,25)(H2,26,27,28)/t7?,8-,9-,10-,11+,12+,13+,15+,36?/m1/s1. The van der Waals surface area contributed by atoms with Gasteiger partial charge in [-0.05, 0) is 6.92 Å². The van der Waals surface area contributed by atoms with Gasteiger partial charge in [-0.3, -0.25) is 23.4 Å². The minimum Gasteiger partial charge on any atom is -0.394 e. The maximum absolute atomic E-state index is 13.0. The van der Waals surface area contributed by atoms with Crippen LogP contribution in [-0.2, 0) is 32.0 Å². The van der Waals surface area contributed by atoms with E-state index in [0.29, 0.717) is 0 Å². The summed E-state index contributed by atoms with van der Waals surface area (Å²) in [6.45, 7) is -0.349. The number of aromatic nitrogens is 2. The van der Waals surface area contributed by atoms with E-state index in [1.807, 2.05) is 0 Å². The Morgan fingerprint density at radius 2 is 1.75 bits per heavy atom. The second kappa shape index (κ2) is 11.2. The molecule has 0 aromatic carbocycles. The van der Waals surface area contributed by atoms with Gasteiger partial charge in [0.15, 0.2) is 6.29 Å². The lowest BCUT2D eigenvalue weighted by atomic mass is 10.00. The fourth-order valence-electron chi connectivity index (χ4n) is 3.49. The molecule has 36 heavy (non-hydrogen) atoms. The molecule has 2 unspecified atom stereocenters. The Bertz CT molecular complexity index is 1130. The van der Waals surface area contributed by atoms with Crippen LogP contribution in [0.3, 0.4) is 0 Å². The van der Waals surface area contributed by atoms with Crippen molar-refractivity contribution in [3.63, 3.8) is 0 Å². The van der Waals surface area contributed by atoms with Crippen molar-refractivity contribution in [2.45, 2.75) is 62.5 Å². The first-order chi connectivity index (χ1) is 16.6. The molecule has 3 heterocycles. The average Bonchev–Trinajstić information content (AvgIpc) is 3.14. The van der Waals surface area contributed by atoms with E-state index in [1.165, 1.54) is 13.1 Å². The molecule has 20 heteroatoms. The van der Waals surface area contributed by atoms with Crippen LogP contribution in [0.4, 0.5) is 0 Å². The SMILES string of the molecule is Cc1cn([C@H]2CC(O)[C@@H](COP(=O)(O[C@@H]3O[C@H](CO)[C@H](O)[C@H](O)[C@@H]3O)OP(=O)(O)O)O2)c(=O)[nH]c1=O. The van der Waals surface area contributed by atoms with Crippen molar-refractivity contribution in [1.82, 2.24) is 9.55 Å². The van der Waals surface area contributed by atoms with Crippen molar-refractivity contribution >= 4 is 15.6 Å². The number of H-pyrrole nitrogens is 1. The molecule has 2 fully saturated rings. The summed E-state index contributed by atoms with van der Waals surface area (Å²) in [4.78, 5) is 43.9. The number of nitrogens with zero attached hydrogens (tertiary/aromatic N) is 1. The van der Waals surface area contributed by atoms with Crippen LogP contribution in [-0.4, -0.2) is 101 Å². The third kappa shape index (κ3) is 6.75. The molecule has 0 amide bonds. The zero-order chi connectivity index (χ0) is 27.0. The van der Waals surface area contributed by atoms with Gasteiger partial charge in [0.2, 0.25) is 0 Å². The summed E-state index contributed by atoms with van der Waals surface area (Å²) >= 11 is 0. The Hall–Kier alpha value is -1.34. The van der Waals surface area contributed by atoms with E-state index in [2.05, 4.69) is 9.29 Å². The first-order valence-electron chi connectivity index (χ1n) is 10.3. The molecule has 3 rings (SSSR count). The van der Waals surface area contributed by atoms with Gasteiger partial charge in [-0.1, -0.05) is 0 Å². The molecule has 2 aliphatic heterocycles. The summed E-state index contributed by atoms with van der Waals surface area (Å²) in [6, 6.07) is 0. The summed E-state index contributed by atoms with van der Waals surface area (Å²) < 4.78 is 49.6. The molecule has 1 aromatic heterocycles. The lowest BCUT2D eigenvalue weighted by Crippen LogP contribution is -2.59. The molecular weight excluding hydrogens is 538 g/mol. The summed E-state index contributed by atoms with van der Waals surface area (Å²) in [5.41, 5.74) is -1.30. The summed E-state index contributed by atoms with van der Waals surface area (Å²) in [5.74, 6) is 0. The van der Waals surface area contributed by atoms with Gasteiger partial charge in [-0.25, -0.2) is 13.9 Å². The molecule has 0 radical (unpaired) electrons. The van der Waals surface area contributed by atoms with Gasteiger partial charge in [-0.15, -0.1) is 0 Å². The smallest absolute Gasteiger partial charge is 0.394 e. The van der Waals surface area contributed by atoms with E-state index < -0.39 is 89.2 Å². The molecule has 8 N–H and O–H groups in total. The number of ether oxygens (including phenoxy) is 2. The molecule has 0 saturated carbocycles. The molecule has 0 bridgehead atoms. The van der Waals surface area contributed by atoms with Gasteiger partial charge in [0.05, 0.1) is 19.3 Å². The van der Waals surface area contributed by atoms with Crippen molar-refractivity contribution in [2.75, 3.05) is 13.2 Å². The highest BCUT2D eigenvalue weighted by Crippen LogP contribution is 2.62. The molecule has 18 nitrogen and oxygen atoms in total. The molecule has 206 valence electrons. The normalized spacial score (nSPS) is 35.0. The number of aliphatic hydroxyl groups excluding tert-OH is 5. The number of hydrogen-bond acceptors (Lipinski definition) is 14. The fraction of sp³-hybridized carbons (Fsp3) is 0.750. The highest BCUT2D eigenvalue weighted by atomic mass is 31.3. The molecule has 2 saturated heterocycles. The predicted molar refractivity (Wildman–Crippen MR) is 112 cm³/mol. The van der Waals surface area contributed by atoms with Gasteiger partial charge in [0, 0.05) is 18.2 Å². The number of nitrogens with one attached hydrogen (secondary N) is 1. The van der Waals surface area contributed by atoms with E-state index >= 15 is 0 Å². The van der Waals surface area contributed by atoms with Crippen LogP contribution < -0.4 is 11.2 Å². The Morgan fingerprint density at radius 3 is 2.36 bits per heavy atom. The van der Waals surface area contributed by atoms with Crippen LogP contribution in [0, 0.1) is 6.92 Å². The number of aryl methyl sites for hydroxylation is 1. The first-order valence-corrected chi connectivity index (χ1v) is 13.3. The maximum Gasteiger partial charge on any atom is 0.486 e. The molecule has 2 aliphatic rings. The molecular formula is C16H26N2O16P2. The molecule has 0 spiro atoms. The van der Waals surface area contributed by atoms with E-state index in [1.54, 1.807) is 0 Å². The highest BCUT2D eigenvalue weighted by molar-refractivity contribution is 7.61. The second-order valence-electron chi connectivity index (χ2n) is 8.03. The zero-order valence-electron chi connectivity index (χ0n) is 18.5. The van der Waals surface area contributed by atoms with Crippen molar-refractivity contribution < 1.29 is 67.3 Å². The molecule has 1 aromatic rings. The van der Waals surface area contributed by atoms with Gasteiger partial charge >= 0.3 is 21.3 Å². The van der Waals surface area contributed by atoms with Gasteiger partial charge in [0.1, 0.15) is 36.7 Å². The van der Waals surface area contributed by atoms with E-state index in [-0.39, 0.29) is 12.0 Å². The maximum atomic E-state index is 13.0. The predicted octanol–water partition coefficient (Wildman–Crippen LogP) is -3.46. The van der Waals surface area contributed by atoms with Gasteiger partial charge in [-0.2, -0.15) is 4.31 Å². The lowest BCUT2D eigenvalue weighted by Gasteiger charge is -2.40. The minimum absolute atomic E-state index is 0.167. The van der Waals surface area contributed by atoms with Gasteiger partial charge in [0.25, 0.3) is 5.56 Å². The average molecular weight is 564 g/mol. The molecule has 9 atom stereocenters. The van der Waals surface area contributed by atoms with E-state index in [0.717, 1.165) is 4.57 Å². The Balaban J connectivity index is 1.75. The second-order valence-corrected chi connectivity index (χ2v) is 11.0. The van der Waals surface area contributed by atoms with Crippen molar-refractivity contribution in [3.8, 4) is 0 Å². The highest BCUT2D eigenvalue weighted by Gasteiger charge is 2.49. The summed E-state index contributed by atoms with van der Waals surface area (Å²) in [6.07, 6.45) is -12.4. The number of phosphoric acid groups is 2. The Labute approximate surface area is 201 Å². The van der Waals surface area contributed by atoms with Crippen LogP contribution in [0.2, 0.25) is 0 Å². The molecule has 0 aliphatic carbocycles. The number of rotatable bonds is 9. The Morgan fingerprint density at radius 1 is 1.08 bits per heavy atom. The third-order valence-corrected chi connectivity index (χ3v) is 7.93. The summed E-state index contributed by atoms with van der Waals surface area (Å²) in [5, 5.41) is 49.2. The minimum atomic E-state index is -5.57. The van der Waals surface area contributed by atoms with Crippen LogP contribution in [0.25, 0.3) is 0 Å². The van der Waals surface area contributed by atoms with Crippen molar-refractivity contribution in [1.29, 1.82) is 0 Å². The number of aromatic amines is 1. The van der Waals surface area contributed by atoms with Crippen molar-refractivity contribution in [2.24, 2.45) is 0 Å². The van der Waals surface area contributed by atoms with Crippen LogP contribution in [0.5, 0.6) is 0 Å². The number of aliphatic hydroxyl groups is 5. The first kappa shape index (κ1) is 29.2. The Kier molecular flexibility index (Phi) is 9.08. The third-order valence-electron chi connectivity index (χ3n) is 5.35. The summed E-state index contributed by atoms with van der Waals surface area (Å²) in [7, 11) is -10.9.